The summed E-state index contributed by atoms with van der Waals surface area (Å²) in [4.78, 5) is 2.99. The Morgan fingerprint density at radius 2 is 1.84 bits per heavy atom. The van der Waals surface area contributed by atoms with Gasteiger partial charge in [0.2, 0.25) is 0 Å². The molecule has 1 aromatic carbocycles. The third-order valence-corrected chi connectivity index (χ3v) is 3.52. The fraction of sp³-hybridized carbons (Fsp3) is 0.533. The normalized spacial score (nSPS) is 13.2. The molecule has 1 heterocycles. The Morgan fingerprint density at radius 1 is 1.21 bits per heavy atom. The number of aromatic amines is 1. The number of imidazole rings is 1. The van der Waals surface area contributed by atoms with E-state index in [0.29, 0.717) is 10.3 Å². The lowest BCUT2D eigenvalue weighted by molar-refractivity contribution is 0.217. The van der Waals surface area contributed by atoms with Crippen molar-refractivity contribution in [1.29, 1.82) is 0 Å². The number of rotatable bonds is 2. The van der Waals surface area contributed by atoms with E-state index in [2.05, 4.69) is 39.6 Å². The minimum atomic E-state index is -0.256. The van der Waals surface area contributed by atoms with Gasteiger partial charge in [0.1, 0.15) is 11.3 Å². The van der Waals surface area contributed by atoms with E-state index >= 15 is 0 Å². The van der Waals surface area contributed by atoms with Crippen LogP contribution in [0, 0.1) is 16.0 Å². The summed E-state index contributed by atoms with van der Waals surface area (Å²) in [6.07, 6.45) is 0.956. The average molecular weight is 280 g/mol. The van der Waals surface area contributed by atoms with Gasteiger partial charge in [-0.25, -0.2) is 4.39 Å². The summed E-state index contributed by atoms with van der Waals surface area (Å²) < 4.78 is 16.4. The fourth-order valence-electron chi connectivity index (χ4n) is 3.07. The molecular formula is C15H21FN2S. The maximum Gasteiger partial charge on any atom is 0.178 e. The molecule has 2 aromatic rings. The van der Waals surface area contributed by atoms with E-state index < -0.39 is 0 Å². The van der Waals surface area contributed by atoms with Crippen molar-refractivity contribution in [2.75, 3.05) is 0 Å². The molecule has 1 N–H and O–H groups in total. The van der Waals surface area contributed by atoms with Crippen LogP contribution in [0.15, 0.2) is 18.2 Å². The molecule has 2 nitrogen and oxygen atoms in total. The van der Waals surface area contributed by atoms with Gasteiger partial charge in [0.15, 0.2) is 4.77 Å². The summed E-state index contributed by atoms with van der Waals surface area (Å²) in [5, 5.41) is 0. The third-order valence-electron chi connectivity index (χ3n) is 3.24. The Kier molecular flexibility index (Phi) is 3.33. The summed E-state index contributed by atoms with van der Waals surface area (Å²) >= 11 is 5.39. The van der Waals surface area contributed by atoms with E-state index in [9.17, 15) is 4.39 Å². The van der Waals surface area contributed by atoms with E-state index in [0.717, 1.165) is 11.9 Å². The van der Waals surface area contributed by atoms with E-state index in [1.165, 1.54) is 6.07 Å². The van der Waals surface area contributed by atoms with Crippen molar-refractivity contribution in [3.05, 3.63) is 28.8 Å². The number of hydrogen-bond acceptors (Lipinski definition) is 1. The minimum Gasteiger partial charge on any atom is -0.328 e. The Balaban J connectivity index is 2.66. The molecule has 0 saturated heterocycles. The van der Waals surface area contributed by atoms with Crippen molar-refractivity contribution >= 4 is 23.3 Å². The lowest BCUT2D eigenvalue weighted by atomic mass is 9.81. The number of nitrogens with one attached hydrogen (secondary N) is 1. The summed E-state index contributed by atoms with van der Waals surface area (Å²) in [6, 6.07) is 5.09. The van der Waals surface area contributed by atoms with Gasteiger partial charge in [0.25, 0.3) is 0 Å². The number of para-hydroxylation sites is 1. The maximum absolute atomic E-state index is 13.8. The van der Waals surface area contributed by atoms with Gasteiger partial charge in [0.05, 0.1) is 5.52 Å². The summed E-state index contributed by atoms with van der Waals surface area (Å²) in [7, 11) is 0. The van der Waals surface area contributed by atoms with Crippen LogP contribution in [0.3, 0.4) is 0 Å². The highest BCUT2D eigenvalue weighted by Crippen LogP contribution is 2.35. The Labute approximate surface area is 118 Å². The molecule has 0 aliphatic rings. The zero-order valence-corrected chi connectivity index (χ0v) is 13.0. The first kappa shape index (κ1) is 14.3. The van der Waals surface area contributed by atoms with Gasteiger partial charge < -0.3 is 9.55 Å². The van der Waals surface area contributed by atoms with Gasteiger partial charge in [-0.15, -0.1) is 0 Å². The van der Waals surface area contributed by atoms with Gasteiger partial charge in [0, 0.05) is 5.54 Å². The van der Waals surface area contributed by atoms with E-state index in [1.54, 1.807) is 6.07 Å². The van der Waals surface area contributed by atoms with E-state index in [-0.39, 0.29) is 16.8 Å². The largest absolute Gasteiger partial charge is 0.328 e. The topological polar surface area (TPSA) is 20.7 Å². The van der Waals surface area contributed by atoms with Gasteiger partial charge in [-0.2, -0.15) is 0 Å². The summed E-state index contributed by atoms with van der Waals surface area (Å²) in [5.41, 5.74) is 1.34. The van der Waals surface area contributed by atoms with Crippen LogP contribution in [0.5, 0.6) is 0 Å². The average Bonchev–Trinajstić information content (AvgIpc) is 2.52. The maximum atomic E-state index is 13.8. The Morgan fingerprint density at radius 3 is 2.42 bits per heavy atom. The van der Waals surface area contributed by atoms with Crippen LogP contribution in [0.1, 0.15) is 41.0 Å². The third kappa shape index (κ3) is 2.73. The van der Waals surface area contributed by atoms with Crippen LogP contribution in [-0.4, -0.2) is 9.55 Å². The number of H-pyrrole nitrogens is 1. The SMILES string of the molecule is CC(C)(C)CC(C)(C)n1c(=S)[nH]c2c(F)cccc21. The molecule has 0 saturated carbocycles. The highest BCUT2D eigenvalue weighted by atomic mass is 32.1. The van der Waals surface area contributed by atoms with Gasteiger partial charge in [-0.05, 0) is 50.0 Å². The molecule has 19 heavy (non-hydrogen) atoms. The van der Waals surface area contributed by atoms with Gasteiger partial charge in [-0.3, -0.25) is 0 Å². The van der Waals surface area contributed by atoms with Gasteiger partial charge >= 0.3 is 0 Å². The second-order valence-electron chi connectivity index (χ2n) is 6.95. The molecule has 104 valence electrons. The summed E-state index contributed by atoms with van der Waals surface area (Å²) in [6.45, 7) is 10.9. The molecule has 0 amide bonds. The molecule has 0 spiro atoms. The van der Waals surface area contributed by atoms with Crippen LogP contribution in [-0.2, 0) is 5.54 Å². The van der Waals surface area contributed by atoms with Crippen LogP contribution < -0.4 is 0 Å². The number of nitrogens with zero attached hydrogens (tertiary/aromatic N) is 1. The molecule has 0 atom stereocenters. The smallest absolute Gasteiger partial charge is 0.178 e. The molecular weight excluding hydrogens is 259 g/mol. The molecule has 0 aliphatic heterocycles. The first-order valence-corrected chi connectivity index (χ1v) is 6.92. The quantitative estimate of drug-likeness (QED) is 0.767. The highest BCUT2D eigenvalue weighted by molar-refractivity contribution is 7.71. The fourth-order valence-corrected chi connectivity index (χ4v) is 3.52. The molecule has 0 bridgehead atoms. The number of halogens is 1. The number of hydrogen-bond donors (Lipinski definition) is 1. The van der Waals surface area contributed by atoms with Crippen molar-refractivity contribution in [3.63, 3.8) is 0 Å². The molecule has 0 fully saturated rings. The molecule has 0 aliphatic carbocycles. The first-order chi connectivity index (χ1) is 8.62. The van der Waals surface area contributed by atoms with Crippen LogP contribution >= 0.6 is 12.2 Å². The molecule has 1 aromatic heterocycles. The van der Waals surface area contributed by atoms with Crippen molar-refractivity contribution in [2.45, 2.75) is 46.6 Å². The van der Waals surface area contributed by atoms with Crippen molar-refractivity contribution in [3.8, 4) is 0 Å². The Bertz CT molecular complexity index is 659. The minimum absolute atomic E-state index is 0.165. The molecule has 0 unspecified atom stereocenters. The monoisotopic (exact) mass is 280 g/mol. The molecule has 0 radical (unpaired) electrons. The second-order valence-corrected chi connectivity index (χ2v) is 7.34. The lowest BCUT2D eigenvalue weighted by Crippen LogP contribution is -2.31. The van der Waals surface area contributed by atoms with E-state index in [4.69, 9.17) is 12.2 Å². The van der Waals surface area contributed by atoms with E-state index in [1.807, 2.05) is 10.6 Å². The lowest BCUT2D eigenvalue weighted by Gasteiger charge is -2.34. The van der Waals surface area contributed by atoms with Crippen LogP contribution in [0.2, 0.25) is 0 Å². The predicted molar refractivity (Wildman–Crippen MR) is 80.5 cm³/mol. The second kappa shape index (κ2) is 4.44. The van der Waals surface area contributed by atoms with Gasteiger partial charge in [-0.1, -0.05) is 26.8 Å². The van der Waals surface area contributed by atoms with Crippen LogP contribution in [0.4, 0.5) is 4.39 Å². The van der Waals surface area contributed by atoms with Crippen molar-refractivity contribution in [2.24, 2.45) is 5.41 Å². The standard InChI is InChI=1S/C15H21FN2S/c1-14(2,3)9-15(4,5)18-11-8-6-7-10(16)12(11)17-13(18)19/h6-8H,9H2,1-5H3,(H,17,19). The summed E-state index contributed by atoms with van der Waals surface area (Å²) in [5.74, 6) is -0.256. The zero-order chi connectivity index (χ0) is 14.4. The number of fused-ring (bicyclic) bond motifs is 1. The molecule has 4 heteroatoms. The Hall–Kier alpha value is -1.16. The number of aromatic nitrogens is 2. The zero-order valence-electron chi connectivity index (χ0n) is 12.2. The number of benzene rings is 1. The molecule has 2 rings (SSSR count). The first-order valence-electron chi connectivity index (χ1n) is 6.52. The highest BCUT2D eigenvalue weighted by Gasteiger charge is 2.29. The van der Waals surface area contributed by atoms with Crippen molar-refractivity contribution in [1.82, 2.24) is 9.55 Å². The van der Waals surface area contributed by atoms with Crippen LogP contribution in [0.25, 0.3) is 11.0 Å². The predicted octanol–water partition coefficient (Wildman–Crippen LogP) is 5.01. The van der Waals surface area contributed by atoms with Crippen molar-refractivity contribution < 1.29 is 4.39 Å².